The second kappa shape index (κ2) is 6.81. The van der Waals surface area contributed by atoms with Crippen molar-refractivity contribution in [3.8, 4) is 16.9 Å². The fourth-order valence-corrected chi connectivity index (χ4v) is 3.02. The molecule has 0 bridgehead atoms. The second-order valence-electron chi connectivity index (χ2n) is 5.87. The topological polar surface area (TPSA) is 21.3 Å². The van der Waals surface area contributed by atoms with Gasteiger partial charge in [-0.2, -0.15) is 0 Å². The van der Waals surface area contributed by atoms with E-state index in [9.17, 15) is 17.6 Å². The van der Waals surface area contributed by atoms with Crippen molar-refractivity contribution in [1.29, 1.82) is 0 Å². The third-order valence-corrected chi connectivity index (χ3v) is 4.15. The predicted molar refractivity (Wildman–Crippen MR) is 83.4 cm³/mol. The summed E-state index contributed by atoms with van der Waals surface area (Å²) >= 11 is 0. The summed E-state index contributed by atoms with van der Waals surface area (Å²) in [6.07, 6.45) is -2.83. The molecule has 0 spiro atoms. The molecule has 2 aromatic carbocycles. The van der Waals surface area contributed by atoms with Gasteiger partial charge in [0.05, 0.1) is 0 Å². The van der Waals surface area contributed by atoms with E-state index in [4.69, 9.17) is 0 Å². The molecule has 0 atom stereocenters. The van der Waals surface area contributed by atoms with Gasteiger partial charge in [-0.05, 0) is 72.8 Å². The van der Waals surface area contributed by atoms with Crippen molar-refractivity contribution in [2.75, 3.05) is 13.1 Å². The Labute approximate surface area is 137 Å². The summed E-state index contributed by atoms with van der Waals surface area (Å²) in [6.45, 7) is 1.81. The van der Waals surface area contributed by atoms with Crippen molar-refractivity contribution in [3.63, 3.8) is 0 Å². The molecule has 128 valence electrons. The third kappa shape index (κ3) is 4.26. The smallest absolute Gasteiger partial charge is 0.406 e. The minimum Gasteiger partial charge on any atom is -0.406 e. The van der Waals surface area contributed by atoms with Crippen LogP contribution in [0.25, 0.3) is 11.1 Å². The van der Waals surface area contributed by atoms with Crippen LogP contribution in [0.2, 0.25) is 0 Å². The number of alkyl halides is 3. The van der Waals surface area contributed by atoms with Crippen molar-refractivity contribution in [1.82, 2.24) is 5.32 Å². The lowest BCUT2D eigenvalue weighted by Gasteiger charge is -2.23. The molecule has 1 aliphatic rings. The summed E-state index contributed by atoms with van der Waals surface area (Å²) in [7, 11) is 0. The highest BCUT2D eigenvalue weighted by atomic mass is 19.4. The normalized spacial score (nSPS) is 16.2. The van der Waals surface area contributed by atoms with Crippen molar-refractivity contribution in [3.05, 3.63) is 53.8 Å². The van der Waals surface area contributed by atoms with Crippen LogP contribution in [0.3, 0.4) is 0 Å². The number of ether oxygens (including phenoxy) is 1. The molecule has 2 nitrogen and oxygen atoms in total. The fraction of sp³-hybridized carbons (Fsp3) is 0.333. The molecule has 0 unspecified atom stereocenters. The summed E-state index contributed by atoms with van der Waals surface area (Å²) in [5, 5.41) is 3.27. The van der Waals surface area contributed by atoms with Crippen LogP contribution in [0.1, 0.15) is 24.3 Å². The lowest BCUT2D eigenvalue weighted by Crippen LogP contribution is -2.26. The molecule has 0 aromatic heterocycles. The van der Waals surface area contributed by atoms with Crippen LogP contribution < -0.4 is 10.1 Å². The van der Waals surface area contributed by atoms with E-state index >= 15 is 0 Å². The standard InChI is InChI=1S/C18H17F4NO/c19-16-10-14(9-15(11-16)13-5-7-23-8-6-13)12-1-3-17(4-2-12)24-18(20,21)22/h1-4,9-11,13,23H,5-8H2. The Hall–Kier alpha value is -2.08. The zero-order valence-electron chi connectivity index (χ0n) is 12.9. The molecule has 1 fully saturated rings. The molecule has 3 rings (SSSR count). The van der Waals surface area contributed by atoms with Crippen LogP contribution in [0.4, 0.5) is 17.6 Å². The first-order chi connectivity index (χ1) is 11.4. The maximum Gasteiger partial charge on any atom is 0.573 e. The van der Waals surface area contributed by atoms with E-state index in [2.05, 4.69) is 10.1 Å². The van der Waals surface area contributed by atoms with E-state index in [1.165, 1.54) is 30.3 Å². The average Bonchev–Trinajstić information content (AvgIpc) is 2.54. The van der Waals surface area contributed by atoms with Gasteiger partial charge < -0.3 is 10.1 Å². The van der Waals surface area contributed by atoms with Gasteiger partial charge in [0, 0.05) is 0 Å². The molecular weight excluding hydrogens is 322 g/mol. The highest BCUT2D eigenvalue weighted by Gasteiger charge is 2.31. The third-order valence-electron chi connectivity index (χ3n) is 4.15. The van der Waals surface area contributed by atoms with Crippen molar-refractivity contribution < 1.29 is 22.3 Å². The fourth-order valence-electron chi connectivity index (χ4n) is 3.02. The molecule has 24 heavy (non-hydrogen) atoms. The van der Waals surface area contributed by atoms with E-state index in [1.54, 1.807) is 6.07 Å². The number of hydrogen-bond acceptors (Lipinski definition) is 2. The quantitative estimate of drug-likeness (QED) is 0.807. The zero-order chi connectivity index (χ0) is 17.2. The highest BCUT2D eigenvalue weighted by Crippen LogP contribution is 2.31. The molecule has 0 radical (unpaired) electrons. The van der Waals surface area contributed by atoms with E-state index in [0.29, 0.717) is 17.0 Å². The monoisotopic (exact) mass is 339 g/mol. The largest absolute Gasteiger partial charge is 0.573 e. The zero-order valence-corrected chi connectivity index (χ0v) is 12.9. The van der Waals surface area contributed by atoms with Gasteiger partial charge in [-0.3, -0.25) is 0 Å². The Morgan fingerprint density at radius 2 is 1.58 bits per heavy atom. The molecule has 1 aliphatic heterocycles. The summed E-state index contributed by atoms with van der Waals surface area (Å²) in [4.78, 5) is 0. The van der Waals surface area contributed by atoms with Crippen molar-refractivity contribution >= 4 is 0 Å². The highest BCUT2D eigenvalue weighted by molar-refractivity contribution is 5.65. The van der Waals surface area contributed by atoms with Crippen LogP contribution in [-0.2, 0) is 0 Å². The Morgan fingerprint density at radius 3 is 2.21 bits per heavy atom. The average molecular weight is 339 g/mol. The molecule has 1 heterocycles. The van der Waals surface area contributed by atoms with Crippen LogP contribution >= 0.6 is 0 Å². The van der Waals surface area contributed by atoms with Gasteiger partial charge in [-0.15, -0.1) is 13.2 Å². The molecular formula is C18H17F4NO. The van der Waals surface area contributed by atoms with E-state index < -0.39 is 6.36 Å². The first-order valence-corrected chi connectivity index (χ1v) is 7.78. The van der Waals surface area contributed by atoms with Crippen LogP contribution in [0, 0.1) is 5.82 Å². The van der Waals surface area contributed by atoms with Crippen molar-refractivity contribution in [2.45, 2.75) is 25.1 Å². The second-order valence-corrected chi connectivity index (χ2v) is 5.87. The maximum absolute atomic E-state index is 14.0. The van der Waals surface area contributed by atoms with Gasteiger partial charge in [0.1, 0.15) is 11.6 Å². The Bertz CT molecular complexity index is 691. The van der Waals surface area contributed by atoms with Gasteiger partial charge in [0.25, 0.3) is 0 Å². The van der Waals surface area contributed by atoms with Gasteiger partial charge in [0.15, 0.2) is 0 Å². The molecule has 1 N–H and O–H groups in total. The summed E-state index contributed by atoms with van der Waals surface area (Å²) in [5.74, 6) is -0.327. The number of hydrogen-bond donors (Lipinski definition) is 1. The van der Waals surface area contributed by atoms with E-state index in [1.807, 2.05) is 6.07 Å². The number of benzene rings is 2. The summed E-state index contributed by atoms with van der Waals surface area (Å²) < 4.78 is 54.4. The lowest BCUT2D eigenvalue weighted by atomic mass is 9.88. The van der Waals surface area contributed by atoms with Crippen molar-refractivity contribution in [2.24, 2.45) is 0 Å². The SMILES string of the molecule is Fc1cc(-c2ccc(OC(F)(F)F)cc2)cc(C2CCNCC2)c1. The number of piperidine rings is 1. The number of halogens is 4. The molecule has 1 saturated heterocycles. The molecule has 6 heteroatoms. The lowest BCUT2D eigenvalue weighted by molar-refractivity contribution is -0.274. The van der Waals surface area contributed by atoms with Crippen LogP contribution in [0.5, 0.6) is 5.75 Å². The molecule has 0 amide bonds. The maximum atomic E-state index is 14.0. The minimum absolute atomic E-state index is 0.291. The van der Waals surface area contributed by atoms with Gasteiger partial charge >= 0.3 is 6.36 Å². The number of nitrogens with one attached hydrogen (secondary N) is 1. The Kier molecular flexibility index (Phi) is 4.76. The molecule has 0 saturated carbocycles. The predicted octanol–water partition coefficient (Wildman–Crippen LogP) is 4.86. The van der Waals surface area contributed by atoms with Gasteiger partial charge in [-0.1, -0.05) is 18.2 Å². The molecule has 0 aliphatic carbocycles. The Morgan fingerprint density at radius 1 is 0.917 bits per heavy atom. The number of rotatable bonds is 3. The summed E-state index contributed by atoms with van der Waals surface area (Å²) in [6, 6.07) is 10.3. The van der Waals surface area contributed by atoms with E-state index in [0.717, 1.165) is 31.5 Å². The first kappa shape index (κ1) is 16.8. The Balaban J connectivity index is 1.84. The van der Waals surface area contributed by atoms with Gasteiger partial charge in [-0.25, -0.2) is 4.39 Å². The first-order valence-electron chi connectivity index (χ1n) is 7.78. The van der Waals surface area contributed by atoms with Crippen LogP contribution in [-0.4, -0.2) is 19.5 Å². The molecule has 2 aromatic rings. The minimum atomic E-state index is -4.72. The van der Waals surface area contributed by atoms with E-state index in [-0.39, 0.29) is 11.6 Å². The summed E-state index contributed by atoms with van der Waals surface area (Å²) in [5.41, 5.74) is 2.24. The van der Waals surface area contributed by atoms with Gasteiger partial charge in [0.2, 0.25) is 0 Å². The van der Waals surface area contributed by atoms with Crippen LogP contribution in [0.15, 0.2) is 42.5 Å².